The van der Waals surface area contributed by atoms with E-state index in [0.29, 0.717) is 6.61 Å². The van der Waals surface area contributed by atoms with E-state index in [1.807, 2.05) is 0 Å². The van der Waals surface area contributed by atoms with Crippen molar-refractivity contribution in [2.45, 2.75) is 47.0 Å². The quantitative estimate of drug-likeness (QED) is 0.591. The molecule has 0 radical (unpaired) electrons. The van der Waals surface area contributed by atoms with Crippen LogP contribution in [0.5, 0.6) is 0 Å². The van der Waals surface area contributed by atoms with Gasteiger partial charge in [0, 0.05) is 6.61 Å². The van der Waals surface area contributed by atoms with Gasteiger partial charge in [-0.2, -0.15) is 0 Å². The minimum Gasteiger partial charge on any atom is -0.396 e. The predicted molar refractivity (Wildman–Crippen MR) is 47.1 cm³/mol. The molecule has 0 aliphatic rings. The van der Waals surface area contributed by atoms with E-state index < -0.39 is 0 Å². The third-order valence-corrected chi connectivity index (χ3v) is 1.44. The number of hydrogen-bond acceptors (Lipinski definition) is 1. The maximum Gasteiger partial charge on any atom is 0.0431 e. The van der Waals surface area contributed by atoms with Gasteiger partial charge < -0.3 is 5.11 Å². The molecule has 0 amide bonds. The van der Waals surface area contributed by atoms with Crippen LogP contribution in [0.2, 0.25) is 0 Å². The van der Waals surface area contributed by atoms with E-state index in [-0.39, 0.29) is 7.43 Å². The second kappa shape index (κ2) is 8.96. The van der Waals surface area contributed by atoms with E-state index in [1.54, 1.807) is 0 Å². The third kappa shape index (κ3) is 10.9. The highest BCUT2D eigenvalue weighted by Gasteiger charge is 1.92. The van der Waals surface area contributed by atoms with Crippen LogP contribution in [-0.2, 0) is 0 Å². The maximum atomic E-state index is 8.43. The molecule has 0 aromatic rings. The summed E-state index contributed by atoms with van der Waals surface area (Å²) in [6, 6.07) is 0. The zero-order chi connectivity index (χ0) is 7.11. The highest BCUT2D eigenvalue weighted by Crippen LogP contribution is 2.06. The van der Waals surface area contributed by atoms with E-state index in [9.17, 15) is 0 Å². The smallest absolute Gasteiger partial charge is 0.0431 e. The summed E-state index contributed by atoms with van der Waals surface area (Å²) in [5.41, 5.74) is 0. The van der Waals surface area contributed by atoms with Crippen molar-refractivity contribution in [1.29, 1.82) is 0 Å². The van der Waals surface area contributed by atoms with Gasteiger partial charge in [0.25, 0.3) is 0 Å². The first kappa shape index (κ1) is 12.6. The first-order chi connectivity index (χ1) is 4.27. The molecule has 0 aromatic heterocycles. The first-order valence-corrected chi connectivity index (χ1v) is 3.88. The molecule has 0 heterocycles. The Balaban J connectivity index is 0. The second-order valence-corrected chi connectivity index (χ2v) is 2.97. The van der Waals surface area contributed by atoms with E-state index in [0.717, 1.165) is 12.3 Å². The van der Waals surface area contributed by atoms with E-state index in [2.05, 4.69) is 13.8 Å². The zero-order valence-electron chi connectivity index (χ0n) is 6.56. The van der Waals surface area contributed by atoms with Crippen LogP contribution in [0.25, 0.3) is 0 Å². The molecule has 0 saturated carbocycles. The van der Waals surface area contributed by atoms with Crippen LogP contribution in [0.15, 0.2) is 0 Å². The van der Waals surface area contributed by atoms with Gasteiger partial charge in [-0.15, -0.1) is 0 Å². The van der Waals surface area contributed by atoms with E-state index in [1.165, 1.54) is 19.3 Å². The second-order valence-electron chi connectivity index (χ2n) is 2.97. The molecule has 0 unspecified atom stereocenters. The van der Waals surface area contributed by atoms with Crippen molar-refractivity contribution in [3.8, 4) is 0 Å². The van der Waals surface area contributed by atoms with Crippen molar-refractivity contribution in [3.05, 3.63) is 0 Å². The third-order valence-electron chi connectivity index (χ3n) is 1.44. The Kier molecular flexibility index (Phi) is 11.3. The standard InChI is InChI=1S/C8H18O.CH4/c1-8(2)6-4-3-5-7-9;/h8-9H,3-7H2,1-2H3;1H4. The Hall–Kier alpha value is -0.0400. The van der Waals surface area contributed by atoms with Gasteiger partial charge in [0.2, 0.25) is 0 Å². The van der Waals surface area contributed by atoms with Crippen LogP contribution in [0.3, 0.4) is 0 Å². The Labute approximate surface area is 65.5 Å². The minimum atomic E-state index is 0. The summed E-state index contributed by atoms with van der Waals surface area (Å²) in [5, 5.41) is 8.43. The van der Waals surface area contributed by atoms with Gasteiger partial charge in [-0.1, -0.05) is 40.5 Å². The molecule has 0 bridgehead atoms. The summed E-state index contributed by atoms with van der Waals surface area (Å²) in [5.74, 6) is 0.823. The monoisotopic (exact) mass is 146 g/mol. The van der Waals surface area contributed by atoms with Gasteiger partial charge in [0.1, 0.15) is 0 Å². The van der Waals surface area contributed by atoms with Crippen molar-refractivity contribution in [3.63, 3.8) is 0 Å². The molecule has 0 aliphatic heterocycles. The van der Waals surface area contributed by atoms with E-state index in [4.69, 9.17) is 5.11 Å². The Morgan fingerprint density at radius 2 is 1.70 bits per heavy atom. The van der Waals surface area contributed by atoms with Crippen molar-refractivity contribution >= 4 is 0 Å². The fraction of sp³-hybridized carbons (Fsp3) is 1.00. The molecule has 0 aromatic carbocycles. The summed E-state index contributed by atoms with van der Waals surface area (Å²) in [6.07, 6.45) is 4.75. The lowest BCUT2D eigenvalue weighted by Gasteiger charge is -2.01. The molecule has 1 nitrogen and oxygen atoms in total. The molecule has 1 N–H and O–H groups in total. The lowest BCUT2D eigenvalue weighted by molar-refractivity contribution is 0.281. The van der Waals surface area contributed by atoms with Gasteiger partial charge in [-0.3, -0.25) is 0 Å². The van der Waals surface area contributed by atoms with Gasteiger partial charge in [0.05, 0.1) is 0 Å². The van der Waals surface area contributed by atoms with Crippen LogP contribution < -0.4 is 0 Å². The number of unbranched alkanes of at least 4 members (excludes halogenated alkanes) is 2. The fourth-order valence-electron chi connectivity index (χ4n) is 0.841. The fourth-order valence-corrected chi connectivity index (χ4v) is 0.841. The van der Waals surface area contributed by atoms with Crippen molar-refractivity contribution in [2.75, 3.05) is 6.61 Å². The summed E-state index contributed by atoms with van der Waals surface area (Å²) in [7, 11) is 0. The predicted octanol–water partition coefficient (Wildman–Crippen LogP) is 2.83. The van der Waals surface area contributed by atoms with Gasteiger partial charge in [-0.25, -0.2) is 0 Å². The summed E-state index contributed by atoms with van der Waals surface area (Å²) < 4.78 is 0. The molecule has 0 spiro atoms. The largest absolute Gasteiger partial charge is 0.396 e. The first-order valence-electron chi connectivity index (χ1n) is 3.88. The average Bonchev–Trinajstić information content (AvgIpc) is 1.80. The topological polar surface area (TPSA) is 20.2 Å². The molecule has 64 valence electrons. The van der Waals surface area contributed by atoms with Gasteiger partial charge >= 0.3 is 0 Å². The molecule has 0 fully saturated rings. The summed E-state index contributed by atoms with van der Waals surface area (Å²) in [6.45, 7) is 4.83. The number of aliphatic hydroxyl groups excluding tert-OH is 1. The Morgan fingerprint density at radius 3 is 2.10 bits per heavy atom. The van der Waals surface area contributed by atoms with Crippen molar-refractivity contribution < 1.29 is 5.11 Å². The molecule has 1 heteroatoms. The molecule has 0 saturated heterocycles. The zero-order valence-corrected chi connectivity index (χ0v) is 6.56. The Morgan fingerprint density at radius 1 is 1.10 bits per heavy atom. The number of rotatable bonds is 5. The summed E-state index contributed by atoms with van der Waals surface area (Å²) >= 11 is 0. The van der Waals surface area contributed by atoms with E-state index >= 15 is 0 Å². The van der Waals surface area contributed by atoms with Crippen LogP contribution in [-0.4, -0.2) is 11.7 Å². The lowest BCUT2D eigenvalue weighted by atomic mass is 10.1. The molecular formula is C9H22O. The van der Waals surface area contributed by atoms with Gasteiger partial charge in [-0.05, 0) is 12.3 Å². The van der Waals surface area contributed by atoms with Crippen LogP contribution >= 0.6 is 0 Å². The average molecular weight is 146 g/mol. The Bertz CT molecular complexity index is 50.7. The van der Waals surface area contributed by atoms with Gasteiger partial charge in [0.15, 0.2) is 0 Å². The minimum absolute atomic E-state index is 0. The molecule has 0 atom stereocenters. The SMILES string of the molecule is C.CC(C)CCCCCO. The molecular weight excluding hydrogens is 124 g/mol. The van der Waals surface area contributed by atoms with Crippen LogP contribution in [0.1, 0.15) is 47.0 Å². The highest BCUT2D eigenvalue weighted by molar-refractivity contribution is 4.45. The lowest BCUT2D eigenvalue weighted by Crippen LogP contribution is -1.88. The molecule has 0 aliphatic carbocycles. The number of hydrogen-bond donors (Lipinski definition) is 1. The maximum absolute atomic E-state index is 8.43. The molecule has 10 heavy (non-hydrogen) atoms. The summed E-state index contributed by atoms with van der Waals surface area (Å²) in [4.78, 5) is 0. The van der Waals surface area contributed by atoms with Crippen molar-refractivity contribution in [2.24, 2.45) is 5.92 Å². The number of aliphatic hydroxyl groups is 1. The van der Waals surface area contributed by atoms with Crippen LogP contribution in [0, 0.1) is 5.92 Å². The highest BCUT2D eigenvalue weighted by atomic mass is 16.2. The van der Waals surface area contributed by atoms with Crippen molar-refractivity contribution in [1.82, 2.24) is 0 Å². The normalized spacial score (nSPS) is 9.60. The molecule has 0 rings (SSSR count). The van der Waals surface area contributed by atoms with Crippen LogP contribution in [0.4, 0.5) is 0 Å².